The number of hydrogen-bond donors (Lipinski definition) is 1. The molecule has 0 atom stereocenters. The second kappa shape index (κ2) is 4.53. The molecular formula is C11H9N5OS. The zero-order chi connectivity index (χ0) is 12.4. The molecule has 0 amide bonds. The van der Waals surface area contributed by atoms with E-state index in [1.165, 1.54) is 11.3 Å². The van der Waals surface area contributed by atoms with Crippen LogP contribution in [-0.2, 0) is 6.42 Å². The van der Waals surface area contributed by atoms with E-state index < -0.39 is 0 Å². The Morgan fingerprint density at radius 3 is 2.78 bits per heavy atom. The van der Waals surface area contributed by atoms with Gasteiger partial charge in [0.1, 0.15) is 0 Å². The molecule has 0 aromatic carbocycles. The fraction of sp³-hybridized carbons (Fsp3) is 0.0909. The molecule has 0 unspecified atom stereocenters. The van der Waals surface area contributed by atoms with Crippen molar-refractivity contribution in [1.29, 1.82) is 0 Å². The molecule has 0 bridgehead atoms. The van der Waals surface area contributed by atoms with E-state index in [0.29, 0.717) is 23.3 Å². The Morgan fingerprint density at radius 2 is 2.06 bits per heavy atom. The molecule has 18 heavy (non-hydrogen) atoms. The molecule has 0 aliphatic heterocycles. The van der Waals surface area contributed by atoms with Gasteiger partial charge in [-0.2, -0.15) is 4.98 Å². The van der Waals surface area contributed by atoms with Gasteiger partial charge in [-0.05, 0) is 12.1 Å². The zero-order valence-electron chi connectivity index (χ0n) is 9.28. The third-order valence-electron chi connectivity index (χ3n) is 2.31. The van der Waals surface area contributed by atoms with E-state index >= 15 is 0 Å². The van der Waals surface area contributed by atoms with Crippen LogP contribution in [0, 0.1) is 0 Å². The first kappa shape index (κ1) is 10.8. The lowest BCUT2D eigenvalue weighted by atomic mass is 10.2. The number of aromatic nitrogens is 4. The molecule has 2 N–H and O–H groups in total. The van der Waals surface area contributed by atoms with Crippen molar-refractivity contribution in [3.8, 4) is 11.4 Å². The van der Waals surface area contributed by atoms with E-state index in [9.17, 15) is 0 Å². The maximum atomic E-state index is 5.56. The van der Waals surface area contributed by atoms with Crippen LogP contribution in [-0.4, -0.2) is 20.1 Å². The average Bonchev–Trinajstić information content (AvgIpc) is 3.01. The van der Waals surface area contributed by atoms with Crippen molar-refractivity contribution >= 4 is 16.5 Å². The highest BCUT2D eigenvalue weighted by Gasteiger charge is 2.10. The predicted octanol–water partition coefficient (Wildman–Crippen LogP) is 1.76. The smallest absolute Gasteiger partial charge is 0.233 e. The molecule has 0 radical (unpaired) electrons. The zero-order valence-corrected chi connectivity index (χ0v) is 10.1. The SMILES string of the molecule is Nc1nc(Cc2nc(-c3ccncc3)no2)cs1. The number of nitrogen functional groups attached to an aromatic ring is 1. The van der Waals surface area contributed by atoms with Gasteiger partial charge in [0, 0.05) is 23.3 Å². The maximum absolute atomic E-state index is 5.56. The molecule has 3 aromatic rings. The number of pyridine rings is 1. The summed E-state index contributed by atoms with van der Waals surface area (Å²) < 4.78 is 5.17. The topological polar surface area (TPSA) is 90.7 Å². The number of thiazole rings is 1. The van der Waals surface area contributed by atoms with Gasteiger partial charge in [-0.25, -0.2) is 4.98 Å². The molecule has 7 heteroatoms. The third-order valence-corrected chi connectivity index (χ3v) is 3.03. The van der Waals surface area contributed by atoms with Crippen LogP contribution in [0.3, 0.4) is 0 Å². The van der Waals surface area contributed by atoms with Crippen molar-refractivity contribution in [3.05, 3.63) is 41.5 Å². The van der Waals surface area contributed by atoms with Gasteiger partial charge in [0.25, 0.3) is 0 Å². The van der Waals surface area contributed by atoms with Crippen LogP contribution < -0.4 is 5.73 Å². The Morgan fingerprint density at radius 1 is 1.22 bits per heavy atom. The summed E-state index contributed by atoms with van der Waals surface area (Å²) >= 11 is 1.40. The highest BCUT2D eigenvalue weighted by Crippen LogP contribution is 2.17. The van der Waals surface area contributed by atoms with E-state index in [1.807, 2.05) is 17.5 Å². The summed E-state index contributed by atoms with van der Waals surface area (Å²) in [5.74, 6) is 1.07. The second-order valence-electron chi connectivity index (χ2n) is 3.60. The van der Waals surface area contributed by atoms with Gasteiger partial charge in [-0.1, -0.05) is 5.16 Å². The van der Waals surface area contributed by atoms with Gasteiger partial charge < -0.3 is 10.3 Å². The highest BCUT2D eigenvalue weighted by molar-refractivity contribution is 7.13. The van der Waals surface area contributed by atoms with E-state index in [1.54, 1.807) is 12.4 Å². The van der Waals surface area contributed by atoms with Gasteiger partial charge in [-0.15, -0.1) is 11.3 Å². The summed E-state index contributed by atoms with van der Waals surface area (Å²) in [5.41, 5.74) is 7.27. The van der Waals surface area contributed by atoms with Gasteiger partial charge in [0.15, 0.2) is 5.13 Å². The number of rotatable bonds is 3. The Bertz CT molecular complexity index is 648. The molecule has 6 nitrogen and oxygen atoms in total. The largest absolute Gasteiger partial charge is 0.375 e. The number of nitrogens with two attached hydrogens (primary N) is 1. The van der Waals surface area contributed by atoms with E-state index in [4.69, 9.17) is 10.3 Å². The quantitative estimate of drug-likeness (QED) is 0.770. The molecule has 0 saturated heterocycles. The summed E-state index contributed by atoms with van der Waals surface area (Å²) in [6.07, 6.45) is 3.87. The lowest BCUT2D eigenvalue weighted by Crippen LogP contribution is -1.90. The van der Waals surface area contributed by atoms with E-state index in [-0.39, 0.29) is 0 Å². The molecule has 0 aliphatic carbocycles. The Labute approximate surface area is 107 Å². The minimum absolute atomic E-state index is 0.492. The van der Waals surface area contributed by atoms with Crippen LogP contribution >= 0.6 is 11.3 Å². The monoisotopic (exact) mass is 259 g/mol. The van der Waals surface area contributed by atoms with Crippen LogP contribution in [0.5, 0.6) is 0 Å². The standard InChI is InChI=1S/C11H9N5OS/c12-11-14-8(6-18-11)5-9-15-10(16-17-9)7-1-3-13-4-2-7/h1-4,6H,5H2,(H2,12,14). The van der Waals surface area contributed by atoms with Gasteiger partial charge in [-0.3, -0.25) is 4.98 Å². The Hall–Kier alpha value is -2.28. The molecule has 3 heterocycles. The van der Waals surface area contributed by atoms with Crippen molar-refractivity contribution in [1.82, 2.24) is 20.1 Å². The van der Waals surface area contributed by atoms with Gasteiger partial charge >= 0.3 is 0 Å². The lowest BCUT2D eigenvalue weighted by Gasteiger charge is -1.90. The fourth-order valence-corrected chi connectivity index (χ4v) is 2.07. The van der Waals surface area contributed by atoms with Crippen LogP contribution in [0.4, 0.5) is 5.13 Å². The number of hydrogen-bond acceptors (Lipinski definition) is 7. The van der Waals surface area contributed by atoms with Crippen LogP contribution in [0.1, 0.15) is 11.6 Å². The minimum atomic E-state index is 0.492. The van der Waals surface area contributed by atoms with Crippen molar-refractivity contribution in [2.24, 2.45) is 0 Å². The number of anilines is 1. The Balaban J connectivity index is 1.82. The summed E-state index contributed by atoms with van der Waals surface area (Å²) in [6.45, 7) is 0. The van der Waals surface area contributed by atoms with Crippen LogP contribution in [0.2, 0.25) is 0 Å². The van der Waals surface area contributed by atoms with Crippen LogP contribution in [0.15, 0.2) is 34.4 Å². The van der Waals surface area contributed by atoms with Gasteiger partial charge in [0.05, 0.1) is 12.1 Å². The van der Waals surface area contributed by atoms with Crippen molar-refractivity contribution in [2.45, 2.75) is 6.42 Å². The third kappa shape index (κ3) is 2.21. The average molecular weight is 259 g/mol. The molecule has 0 spiro atoms. The summed E-state index contributed by atoms with van der Waals surface area (Å²) in [4.78, 5) is 12.4. The predicted molar refractivity (Wildman–Crippen MR) is 66.9 cm³/mol. The summed E-state index contributed by atoms with van der Waals surface area (Å²) in [6, 6.07) is 3.66. The molecule has 3 rings (SSSR count). The normalized spacial score (nSPS) is 10.7. The molecule has 0 saturated carbocycles. The summed E-state index contributed by atoms with van der Waals surface area (Å²) in [7, 11) is 0. The van der Waals surface area contributed by atoms with E-state index in [2.05, 4.69) is 20.1 Å². The second-order valence-corrected chi connectivity index (χ2v) is 4.49. The maximum Gasteiger partial charge on any atom is 0.233 e. The van der Waals surface area contributed by atoms with Crippen LogP contribution in [0.25, 0.3) is 11.4 Å². The Kier molecular flexibility index (Phi) is 2.73. The van der Waals surface area contributed by atoms with Crippen molar-refractivity contribution in [2.75, 3.05) is 5.73 Å². The van der Waals surface area contributed by atoms with Gasteiger partial charge in [0.2, 0.25) is 11.7 Å². The number of nitrogens with zero attached hydrogens (tertiary/aromatic N) is 4. The summed E-state index contributed by atoms with van der Waals surface area (Å²) in [5, 5.41) is 6.34. The first-order valence-corrected chi connectivity index (χ1v) is 6.12. The van der Waals surface area contributed by atoms with E-state index in [0.717, 1.165) is 11.3 Å². The first-order chi connectivity index (χ1) is 8.81. The molecule has 0 fully saturated rings. The minimum Gasteiger partial charge on any atom is -0.375 e. The highest BCUT2D eigenvalue weighted by atomic mass is 32.1. The fourth-order valence-electron chi connectivity index (χ4n) is 1.50. The lowest BCUT2D eigenvalue weighted by molar-refractivity contribution is 0.385. The first-order valence-electron chi connectivity index (χ1n) is 5.24. The van der Waals surface area contributed by atoms with Crippen molar-refractivity contribution < 1.29 is 4.52 Å². The molecule has 90 valence electrons. The molecule has 0 aliphatic rings. The molecule has 3 aromatic heterocycles. The van der Waals surface area contributed by atoms with Crippen molar-refractivity contribution in [3.63, 3.8) is 0 Å². The molecular weight excluding hydrogens is 250 g/mol.